The summed E-state index contributed by atoms with van der Waals surface area (Å²) < 4.78 is 11.7. The predicted octanol–water partition coefficient (Wildman–Crippen LogP) is 3.15. The molecule has 0 atom stereocenters. The lowest BCUT2D eigenvalue weighted by Crippen LogP contribution is -2.25. The zero-order chi connectivity index (χ0) is 18.4. The van der Waals surface area contributed by atoms with E-state index in [1.807, 2.05) is 26.0 Å². The predicted molar refractivity (Wildman–Crippen MR) is 105 cm³/mol. The van der Waals surface area contributed by atoms with Crippen LogP contribution in [0.15, 0.2) is 35.4 Å². The average Bonchev–Trinajstić information content (AvgIpc) is 2.55. The van der Waals surface area contributed by atoms with Crippen LogP contribution in [0.5, 0.6) is 17.2 Å². The van der Waals surface area contributed by atoms with Gasteiger partial charge in [0.2, 0.25) is 0 Å². The van der Waals surface area contributed by atoms with Gasteiger partial charge in [-0.2, -0.15) is 5.10 Å². The molecule has 0 saturated heterocycles. The van der Waals surface area contributed by atoms with Gasteiger partial charge in [-0.15, -0.1) is 0 Å². The molecule has 0 heterocycles. The zero-order valence-corrected chi connectivity index (χ0v) is 16.3. The number of nitrogens with zero attached hydrogens (tertiary/aromatic N) is 1. The summed E-state index contributed by atoms with van der Waals surface area (Å²) in [5.74, 6) is 0.728. The maximum absolute atomic E-state index is 11.9. The molecular weight excluding hydrogens is 435 g/mol. The Morgan fingerprint density at radius 1 is 1.28 bits per heavy atom. The van der Waals surface area contributed by atoms with E-state index in [4.69, 9.17) is 9.47 Å². The standard InChI is InChI=1S/C18H19IN2O4/c1-11-6-14(19)7-12(2)18(11)25-10-17(23)21-20-9-13-4-5-15(22)16(8-13)24-3/h4-9,22H,10H2,1-3H3,(H,21,23)/b20-9+. The maximum Gasteiger partial charge on any atom is 0.277 e. The van der Waals surface area contributed by atoms with Gasteiger partial charge in [0.15, 0.2) is 18.1 Å². The fourth-order valence-corrected chi connectivity index (χ4v) is 3.18. The SMILES string of the molecule is COc1cc(/C=N/NC(=O)COc2c(C)cc(I)cc2C)ccc1O. The molecule has 0 unspecified atom stereocenters. The fraction of sp³-hybridized carbons (Fsp3) is 0.222. The molecule has 0 aliphatic carbocycles. The lowest BCUT2D eigenvalue weighted by atomic mass is 10.1. The topological polar surface area (TPSA) is 80.2 Å². The zero-order valence-electron chi connectivity index (χ0n) is 14.2. The Morgan fingerprint density at radius 3 is 2.60 bits per heavy atom. The van der Waals surface area contributed by atoms with Crippen LogP contribution in [0, 0.1) is 17.4 Å². The molecule has 0 saturated carbocycles. The van der Waals surface area contributed by atoms with E-state index >= 15 is 0 Å². The Hall–Kier alpha value is -2.29. The Labute approximate surface area is 160 Å². The third-order valence-corrected chi connectivity index (χ3v) is 4.00. The van der Waals surface area contributed by atoms with E-state index < -0.39 is 0 Å². The maximum atomic E-state index is 11.9. The molecule has 0 aliphatic rings. The van der Waals surface area contributed by atoms with Crippen molar-refractivity contribution in [1.29, 1.82) is 0 Å². The third-order valence-electron chi connectivity index (χ3n) is 3.38. The van der Waals surface area contributed by atoms with Crippen LogP contribution in [0.2, 0.25) is 0 Å². The van der Waals surface area contributed by atoms with Crippen LogP contribution >= 0.6 is 22.6 Å². The van der Waals surface area contributed by atoms with Crippen LogP contribution < -0.4 is 14.9 Å². The van der Waals surface area contributed by atoms with Crippen molar-refractivity contribution in [2.75, 3.05) is 13.7 Å². The number of aromatic hydroxyl groups is 1. The second-order valence-electron chi connectivity index (χ2n) is 5.38. The lowest BCUT2D eigenvalue weighted by molar-refractivity contribution is -0.123. The summed E-state index contributed by atoms with van der Waals surface area (Å²) in [7, 11) is 1.46. The number of hydrazone groups is 1. The van der Waals surface area contributed by atoms with Crippen molar-refractivity contribution in [3.8, 4) is 17.2 Å². The van der Waals surface area contributed by atoms with Gasteiger partial charge >= 0.3 is 0 Å². The summed E-state index contributed by atoms with van der Waals surface area (Å²) in [5.41, 5.74) is 5.05. The van der Waals surface area contributed by atoms with Gasteiger partial charge in [0.25, 0.3) is 5.91 Å². The fourth-order valence-electron chi connectivity index (χ4n) is 2.25. The van der Waals surface area contributed by atoms with Gasteiger partial charge in [-0.05, 0) is 83.5 Å². The molecule has 132 valence electrons. The molecule has 6 nitrogen and oxygen atoms in total. The van der Waals surface area contributed by atoms with Crippen LogP contribution in [0.4, 0.5) is 0 Å². The van der Waals surface area contributed by atoms with E-state index in [2.05, 4.69) is 33.1 Å². The number of aryl methyl sites for hydroxylation is 2. The smallest absolute Gasteiger partial charge is 0.277 e. The first-order chi connectivity index (χ1) is 11.9. The molecule has 0 spiro atoms. The van der Waals surface area contributed by atoms with Gasteiger partial charge < -0.3 is 14.6 Å². The highest BCUT2D eigenvalue weighted by molar-refractivity contribution is 14.1. The first-order valence-corrected chi connectivity index (χ1v) is 8.57. The number of hydrogen-bond acceptors (Lipinski definition) is 5. The number of hydrogen-bond donors (Lipinski definition) is 2. The third kappa shape index (κ3) is 5.35. The molecular formula is C18H19IN2O4. The minimum Gasteiger partial charge on any atom is -0.504 e. The van der Waals surface area contributed by atoms with Crippen molar-refractivity contribution in [1.82, 2.24) is 5.43 Å². The van der Waals surface area contributed by atoms with Crippen LogP contribution in [-0.4, -0.2) is 30.9 Å². The van der Waals surface area contributed by atoms with Crippen LogP contribution in [-0.2, 0) is 4.79 Å². The number of phenolic OH excluding ortho intramolecular Hbond substituents is 1. The number of nitrogens with one attached hydrogen (secondary N) is 1. The summed E-state index contributed by atoms with van der Waals surface area (Å²) in [6, 6.07) is 8.75. The summed E-state index contributed by atoms with van der Waals surface area (Å²) in [5, 5.41) is 13.4. The number of carbonyl (C=O) groups is 1. The molecule has 2 aromatic rings. The molecule has 0 radical (unpaired) electrons. The van der Waals surface area contributed by atoms with E-state index in [9.17, 15) is 9.90 Å². The van der Waals surface area contributed by atoms with Crippen molar-refractivity contribution in [3.05, 3.63) is 50.6 Å². The Balaban J connectivity index is 1.91. The van der Waals surface area contributed by atoms with Crippen LogP contribution in [0.25, 0.3) is 0 Å². The minimum absolute atomic E-state index is 0.0420. The molecule has 2 aromatic carbocycles. The van der Waals surface area contributed by atoms with Crippen molar-refractivity contribution < 1.29 is 19.4 Å². The number of amides is 1. The summed E-state index contributed by atoms with van der Waals surface area (Å²) in [6.45, 7) is 3.76. The largest absolute Gasteiger partial charge is 0.504 e. The van der Waals surface area contributed by atoms with Gasteiger partial charge in [-0.3, -0.25) is 4.79 Å². The normalized spacial score (nSPS) is 10.7. The number of ether oxygens (including phenoxy) is 2. The number of benzene rings is 2. The van der Waals surface area contributed by atoms with Crippen LogP contribution in [0.3, 0.4) is 0 Å². The number of rotatable bonds is 6. The van der Waals surface area contributed by atoms with E-state index in [-0.39, 0.29) is 18.3 Å². The van der Waals surface area contributed by atoms with Gasteiger partial charge in [-0.25, -0.2) is 5.43 Å². The molecule has 2 rings (SSSR count). The second kappa shape index (κ2) is 8.70. The molecule has 0 aromatic heterocycles. The number of methoxy groups -OCH3 is 1. The van der Waals surface area contributed by atoms with Gasteiger partial charge in [0.1, 0.15) is 5.75 Å². The molecule has 1 amide bonds. The highest BCUT2D eigenvalue weighted by atomic mass is 127. The summed E-state index contributed by atoms with van der Waals surface area (Å²) in [6.07, 6.45) is 1.46. The molecule has 0 aliphatic heterocycles. The minimum atomic E-state index is -0.362. The van der Waals surface area contributed by atoms with Gasteiger partial charge in [0.05, 0.1) is 13.3 Å². The Bertz CT molecular complexity index is 783. The van der Waals surface area contributed by atoms with Crippen molar-refractivity contribution in [2.45, 2.75) is 13.8 Å². The second-order valence-corrected chi connectivity index (χ2v) is 6.63. The van der Waals surface area contributed by atoms with Crippen molar-refractivity contribution >= 4 is 34.7 Å². The molecule has 0 fully saturated rings. The Morgan fingerprint density at radius 2 is 1.96 bits per heavy atom. The number of phenols is 1. The molecule has 2 N–H and O–H groups in total. The number of halogens is 1. The van der Waals surface area contributed by atoms with Gasteiger partial charge in [0, 0.05) is 3.57 Å². The number of carbonyl (C=O) groups excluding carboxylic acids is 1. The average molecular weight is 454 g/mol. The van der Waals surface area contributed by atoms with E-state index in [1.54, 1.807) is 12.1 Å². The molecule has 0 bridgehead atoms. The monoisotopic (exact) mass is 454 g/mol. The Kier molecular flexibility index (Phi) is 6.63. The highest BCUT2D eigenvalue weighted by Crippen LogP contribution is 2.26. The van der Waals surface area contributed by atoms with Crippen molar-refractivity contribution in [3.63, 3.8) is 0 Å². The van der Waals surface area contributed by atoms with E-state index in [0.717, 1.165) is 14.7 Å². The highest BCUT2D eigenvalue weighted by Gasteiger charge is 2.08. The molecule has 25 heavy (non-hydrogen) atoms. The molecule has 7 heteroatoms. The van der Waals surface area contributed by atoms with Gasteiger partial charge in [-0.1, -0.05) is 0 Å². The van der Waals surface area contributed by atoms with E-state index in [0.29, 0.717) is 17.1 Å². The van der Waals surface area contributed by atoms with Crippen LogP contribution in [0.1, 0.15) is 16.7 Å². The first kappa shape index (κ1) is 19.0. The lowest BCUT2D eigenvalue weighted by Gasteiger charge is -2.11. The summed E-state index contributed by atoms with van der Waals surface area (Å²) >= 11 is 2.24. The van der Waals surface area contributed by atoms with E-state index in [1.165, 1.54) is 19.4 Å². The first-order valence-electron chi connectivity index (χ1n) is 7.49. The van der Waals surface area contributed by atoms with Crippen molar-refractivity contribution in [2.24, 2.45) is 5.10 Å². The summed E-state index contributed by atoms with van der Waals surface area (Å²) in [4.78, 5) is 11.9. The quantitative estimate of drug-likeness (QED) is 0.400.